The normalized spacial score (nSPS) is 13.8. The number of pyridine rings is 1. The summed E-state index contributed by atoms with van der Waals surface area (Å²) in [6.07, 6.45) is 5.43. The van der Waals surface area contributed by atoms with Gasteiger partial charge < -0.3 is 15.2 Å². The number of anilines is 1. The summed E-state index contributed by atoms with van der Waals surface area (Å²) in [6, 6.07) is 0. The van der Waals surface area contributed by atoms with E-state index in [-0.39, 0.29) is 6.61 Å². The molecule has 0 bridgehead atoms. The Balaban J connectivity index is 1.83. The first kappa shape index (κ1) is 19.8. The summed E-state index contributed by atoms with van der Waals surface area (Å²) in [5.41, 5.74) is 5.16. The molecule has 3 aromatic rings. The third-order valence-corrected chi connectivity index (χ3v) is 6.68. The molecule has 0 saturated carbocycles. The van der Waals surface area contributed by atoms with Gasteiger partial charge in [-0.25, -0.2) is 15.0 Å². The Bertz CT molecular complexity index is 1000. The van der Waals surface area contributed by atoms with E-state index < -0.39 is 0 Å². The lowest BCUT2D eigenvalue weighted by Crippen LogP contribution is -2.12. The van der Waals surface area contributed by atoms with E-state index in [4.69, 9.17) is 24.8 Å². The summed E-state index contributed by atoms with van der Waals surface area (Å²) >= 11 is 3.24. The van der Waals surface area contributed by atoms with E-state index in [1.54, 1.807) is 23.1 Å². The number of aryl methyl sites for hydroxylation is 1. The minimum absolute atomic E-state index is 0.0413. The van der Waals surface area contributed by atoms with E-state index in [0.29, 0.717) is 25.7 Å². The van der Waals surface area contributed by atoms with Gasteiger partial charge in [0.05, 0.1) is 30.0 Å². The van der Waals surface area contributed by atoms with Crippen LogP contribution in [0.15, 0.2) is 5.16 Å². The molecular formula is C20H26N4O2S2. The summed E-state index contributed by atoms with van der Waals surface area (Å²) in [6.45, 7) is 6.01. The zero-order chi connectivity index (χ0) is 19.7. The lowest BCUT2D eigenvalue weighted by Gasteiger charge is -2.12. The number of fused-ring (bicyclic) bond motifs is 5. The number of hydrogen-bond donors (Lipinski definition) is 2. The van der Waals surface area contributed by atoms with Crippen molar-refractivity contribution in [2.45, 2.75) is 44.2 Å². The highest BCUT2D eigenvalue weighted by molar-refractivity contribution is 7.98. The molecule has 4 rings (SSSR count). The Kier molecular flexibility index (Phi) is 6.01. The maximum absolute atomic E-state index is 8.84. The topological polar surface area (TPSA) is 80.2 Å². The van der Waals surface area contributed by atoms with Crippen LogP contribution in [-0.4, -0.2) is 52.7 Å². The van der Waals surface area contributed by atoms with Crippen molar-refractivity contribution >= 4 is 49.3 Å². The molecule has 6 nitrogen and oxygen atoms in total. The van der Waals surface area contributed by atoms with E-state index in [0.717, 1.165) is 38.9 Å². The van der Waals surface area contributed by atoms with Gasteiger partial charge in [0.15, 0.2) is 5.16 Å². The molecule has 2 N–H and O–H groups in total. The minimum atomic E-state index is 0.0413. The second kappa shape index (κ2) is 8.49. The first-order valence-corrected chi connectivity index (χ1v) is 11.8. The van der Waals surface area contributed by atoms with Gasteiger partial charge in [0.25, 0.3) is 0 Å². The fraction of sp³-hybridized carbons (Fsp3) is 0.550. The highest BCUT2D eigenvalue weighted by Crippen LogP contribution is 2.43. The number of thiophene rings is 1. The summed E-state index contributed by atoms with van der Waals surface area (Å²) in [5.74, 6) is 1.28. The van der Waals surface area contributed by atoms with Crippen molar-refractivity contribution in [3.8, 4) is 0 Å². The summed E-state index contributed by atoms with van der Waals surface area (Å²) in [5, 5.41) is 14.2. The third kappa shape index (κ3) is 3.58. The van der Waals surface area contributed by atoms with Crippen molar-refractivity contribution in [2.75, 3.05) is 37.9 Å². The van der Waals surface area contributed by atoms with Crippen LogP contribution >= 0.6 is 23.1 Å². The highest BCUT2D eigenvalue weighted by Gasteiger charge is 2.25. The van der Waals surface area contributed by atoms with E-state index in [1.165, 1.54) is 28.6 Å². The molecule has 1 aliphatic rings. The Morgan fingerprint density at radius 2 is 2.00 bits per heavy atom. The van der Waals surface area contributed by atoms with E-state index >= 15 is 0 Å². The molecule has 0 atom stereocenters. The van der Waals surface area contributed by atoms with E-state index in [1.807, 2.05) is 6.26 Å². The van der Waals surface area contributed by atoms with Crippen LogP contribution in [0.1, 0.15) is 43.0 Å². The number of nitrogens with one attached hydrogen (secondary N) is 1. The third-order valence-electron chi connectivity index (χ3n) is 5.05. The molecule has 0 aliphatic heterocycles. The van der Waals surface area contributed by atoms with Crippen molar-refractivity contribution in [2.24, 2.45) is 0 Å². The molecule has 3 aromatic heterocycles. The van der Waals surface area contributed by atoms with Gasteiger partial charge in [-0.3, -0.25) is 0 Å². The fourth-order valence-corrected chi connectivity index (χ4v) is 5.36. The van der Waals surface area contributed by atoms with E-state index in [2.05, 4.69) is 19.2 Å². The maximum Gasteiger partial charge on any atom is 0.189 e. The molecule has 8 heteroatoms. The lowest BCUT2D eigenvalue weighted by molar-refractivity contribution is 0.0992. The molecule has 0 spiro atoms. The first-order chi connectivity index (χ1) is 13.6. The summed E-state index contributed by atoms with van der Waals surface area (Å²) in [7, 11) is 0. The Labute approximate surface area is 173 Å². The number of aliphatic hydroxyl groups is 1. The van der Waals surface area contributed by atoms with Gasteiger partial charge in [-0.1, -0.05) is 25.6 Å². The molecule has 3 heterocycles. The van der Waals surface area contributed by atoms with Gasteiger partial charge in [-0.2, -0.15) is 0 Å². The van der Waals surface area contributed by atoms with Crippen LogP contribution in [0.3, 0.4) is 0 Å². The fourth-order valence-electron chi connectivity index (χ4n) is 3.87. The van der Waals surface area contributed by atoms with Crippen LogP contribution in [0.2, 0.25) is 0 Å². The molecule has 0 unspecified atom stereocenters. The molecule has 0 fully saturated rings. The van der Waals surface area contributed by atoms with Crippen molar-refractivity contribution in [3.05, 3.63) is 16.8 Å². The molecule has 28 heavy (non-hydrogen) atoms. The molecule has 1 aliphatic carbocycles. The zero-order valence-corrected chi connectivity index (χ0v) is 18.2. The van der Waals surface area contributed by atoms with Crippen molar-refractivity contribution in [1.29, 1.82) is 0 Å². The average molecular weight is 419 g/mol. The SMILES string of the molecule is CSc1nc(NCCOCCO)c2sc3nc(C(C)C)c4c(c3c2n1)CCC4. The second-order valence-electron chi connectivity index (χ2n) is 7.24. The van der Waals surface area contributed by atoms with Gasteiger partial charge in [-0.15, -0.1) is 11.3 Å². The molecule has 0 aromatic carbocycles. The number of nitrogens with zero attached hydrogens (tertiary/aromatic N) is 3. The molecule has 150 valence electrons. The van der Waals surface area contributed by atoms with Gasteiger partial charge >= 0.3 is 0 Å². The zero-order valence-electron chi connectivity index (χ0n) is 16.5. The number of hydrogen-bond acceptors (Lipinski definition) is 8. The van der Waals surface area contributed by atoms with Gasteiger partial charge in [0.2, 0.25) is 0 Å². The Morgan fingerprint density at radius 1 is 1.18 bits per heavy atom. The minimum Gasteiger partial charge on any atom is -0.394 e. The maximum atomic E-state index is 8.84. The van der Waals surface area contributed by atoms with Crippen molar-refractivity contribution in [3.63, 3.8) is 0 Å². The second-order valence-corrected chi connectivity index (χ2v) is 9.02. The number of aromatic nitrogens is 3. The van der Waals surface area contributed by atoms with Crippen molar-refractivity contribution < 1.29 is 9.84 Å². The number of ether oxygens (including phenoxy) is 1. The summed E-state index contributed by atoms with van der Waals surface area (Å²) in [4.78, 5) is 15.7. The summed E-state index contributed by atoms with van der Waals surface area (Å²) < 4.78 is 6.43. The predicted octanol–water partition coefficient (Wildman–Crippen LogP) is 3.99. The molecular weight excluding hydrogens is 392 g/mol. The number of aliphatic hydroxyl groups excluding tert-OH is 1. The van der Waals surface area contributed by atoms with Crippen LogP contribution in [0.25, 0.3) is 20.4 Å². The van der Waals surface area contributed by atoms with Crippen molar-refractivity contribution in [1.82, 2.24) is 15.0 Å². The standard InChI is InChI=1S/C20H26N4O2S2/c1-11(2)15-13-6-4-5-12(13)14-16-17(28-19(14)22-15)18(24-20(23-16)27-3)21-7-9-26-10-8-25/h11,25H,4-10H2,1-3H3,(H,21,23,24). The number of rotatable bonds is 8. The Morgan fingerprint density at radius 3 is 2.75 bits per heavy atom. The molecule has 0 amide bonds. The average Bonchev–Trinajstić information content (AvgIpc) is 3.30. The first-order valence-electron chi connectivity index (χ1n) is 9.76. The van der Waals surface area contributed by atoms with Crippen LogP contribution < -0.4 is 5.32 Å². The predicted molar refractivity (Wildman–Crippen MR) is 117 cm³/mol. The largest absolute Gasteiger partial charge is 0.394 e. The smallest absolute Gasteiger partial charge is 0.189 e. The van der Waals surface area contributed by atoms with Crippen LogP contribution in [0.4, 0.5) is 5.82 Å². The monoisotopic (exact) mass is 418 g/mol. The van der Waals surface area contributed by atoms with Crippen LogP contribution in [-0.2, 0) is 17.6 Å². The molecule has 0 saturated heterocycles. The van der Waals surface area contributed by atoms with Gasteiger partial charge in [0, 0.05) is 17.6 Å². The van der Waals surface area contributed by atoms with Gasteiger partial charge in [0.1, 0.15) is 10.6 Å². The van der Waals surface area contributed by atoms with E-state index in [9.17, 15) is 0 Å². The van der Waals surface area contributed by atoms with Crippen LogP contribution in [0.5, 0.6) is 0 Å². The molecule has 0 radical (unpaired) electrons. The Hall–Kier alpha value is -1.48. The lowest BCUT2D eigenvalue weighted by atomic mass is 9.99. The highest BCUT2D eigenvalue weighted by atomic mass is 32.2. The van der Waals surface area contributed by atoms with Crippen LogP contribution in [0, 0.1) is 0 Å². The number of thioether (sulfide) groups is 1. The van der Waals surface area contributed by atoms with Gasteiger partial charge in [-0.05, 0) is 42.6 Å². The quantitative estimate of drug-likeness (QED) is 0.325.